The minimum absolute atomic E-state index is 0.118. The third-order valence-corrected chi connectivity index (χ3v) is 3.69. The molecule has 0 N–H and O–H groups in total. The number of para-hydroxylation sites is 1. The maximum absolute atomic E-state index is 11.8. The largest absolute Gasteiger partial charge is 0.482 e. The first-order chi connectivity index (χ1) is 10.1. The van der Waals surface area contributed by atoms with Crippen LogP contribution >= 0.6 is 15.9 Å². The molecule has 0 radical (unpaired) electrons. The summed E-state index contributed by atoms with van der Waals surface area (Å²) in [7, 11) is 0. The Kier molecular flexibility index (Phi) is 5.39. The van der Waals surface area contributed by atoms with Crippen molar-refractivity contribution in [3.05, 3.63) is 58.1 Å². The molecule has 0 heterocycles. The number of benzene rings is 2. The van der Waals surface area contributed by atoms with Crippen molar-refractivity contribution in [2.75, 3.05) is 6.61 Å². The van der Waals surface area contributed by atoms with E-state index in [1.807, 2.05) is 43.3 Å². The fourth-order valence-electron chi connectivity index (χ4n) is 1.85. The molecule has 0 atom stereocenters. The van der Waals surface area contributed by atoms with Gasteiger partial charge in [0.05, 0.1) is 4.47 Å². The van der Waals surface area contributed by atoms with Gasteiger partial charge in [0.1, 0.15) is 11.5 Å². The van der Waals surface area contributed by atoms with E-state index >= 15 is 0 Å². The third kappa shape index (κ3) is 4.33. The normalized spacial score (nSPS) is 10.2. The average molecular weight is 349 g/mol. The standard InChI is InChI=1S/C17H17BrO3/c1-3-13-8-9-16(14(18)10-13)21-17(19)11-20-15-7-5-4-6-12(15)2/h4-10H,3,11H2,1-2H3. The molecule has 0 aliphatic carbocycles. The van der Waals surface area contributed by atoms with Gasteiger partial charge in [-0.1, -0.05) is 31.2 Å². The molecule has 2 rings (SSSR count). The number of hydrogen-bond donors (Lipinski definition) is 0. The monoisotopic (exact) mass is 348 g/mol. The Morgan fingerprint density at radius 3 is 2.57 bits per heavy atom. The molecule has 0 aliphatic rings. The highest BCUT2D eigenvalue weighted by Crippen LogP contribution is 2.26. The summed E-state index contributed by atoms with van der Waals surface area (Å²) < 4.78 is 11.5. The second-order valence-corrected chi connectivity index (χ2v) is 5.50. The van der Waals surface area contributed by atoms with Crippen LogP contribution in [0.3, 0.4) is 0 Å². The highest BCUT2D eigenvalue weighted by atomic mass is 79.9. The lowest BCUT2D eigenvalue weighted by Crippen LogP contribution is -2.18. The molecule has 2 aromatic rings. The maximum atomic E-state index is 11.8. The summed E-state index contributed by atoms with van der Waals surface area (Å²) in [4.78, 5) is 11.8. The second kappa shape index (κ2) is 7.27. The van der Waals surface area contributed by atoms with Crippen LogP contribution in [0.15, 0.2) is 46.9 Å². The number of halogens is 1. The lowest BCUT2D eigenvalue weighted by molar-refractivity contribution is -0.136. The molecular formula is C17H17BrO3. The molecule has 0 saturated carbocycles. The number of hydrogen-bond acceptors (Lipinski definition) is 3. The number of carbonyl (C=O) groups excluding carboxylic acids is 1. The lowest BCUT2D eigenvalue weighted by atomic mass is 10.2. The highest BCUT2D eigenvalue weighted by Gasteiger charge is 2.10. The Labute approximate surface area is 133 Å². The van der Waals surface area contributed by atoms with Crippen molar-refractivity contribution in [2.24, 2.45) is 0 Å². The zero-order valence-electron chi connectivity index (χ0n) is 12.1. The fourth-order valence-corrected chi connectivity index (χ4v) is 2.36. The number of carbonyl (C=O) groups is 1. The molecule has 3 nitrogen and oxygen atoms in total. The molecule has 0 aromatic heterocycles. The Balaban J connectivity index is 1.95. The van der Waals surface area contributed by atoms with Crippen LogP contribution in [0, 0.1) is 6.92 Å². The van der Waals surface area contributed by atoms with Crippen LogP contribution < -0.4 is 9.47 Å². The van der Waals surface area contributed by atoms with Crippen LogP contribution in [0.25, 0.3) is 0 Å². The predicted molar refractivity (Wildman–Crippen MR) is 85.8 cm³/mol. The first-order valence-corrected chi connectivity index (χ1v) is 7.57. The van der Waals surface area contributed by atoms with Crippen molar-refractivity contribution in [2.45, 2.75) is 20.3 Å². The SMILES string of the molecule is CCc1ccc(OC(=O)COc2ccccc2C)c(Br)c1. The smallest absolute Gasteiger partial charge is 0.349 e. The summed E-state index contributed by atoms with van der Waals surface area (Å²) in [5.74, 6) is 0.767. The minimum Gasteiger partial charge on any atom is -0.482 e. The third-order valence-electron chi connectivity index (χ3n) is 3.07. The van der Waals surface area contributed by atoms with Gasteiger partial charge >= 0.3 is 5.97 Å². The van der Waals surface area contributed by atoms with Crippen LogP contribution in [-0.2, 0) is 11.2 Å². The molecule has 0 fully saturated rings. The molecule has 0 unspecified atom stereocenters. The van der Waals surface area contributed by atoms with Crippen LogP contribution in [-0.4, -0.2) is 12.6 Å². The van der Waals surface area contributed by atoms with E-state index in [0.29, 0.717) is 11.5 Å². The topological polar surface area (TPSA) is 35.5 Å². The number of ether oxygens (including phenoxy) is 2. The van der Waals surface area contributed by atoms with E-state index in [1.165, 1.54) is 5.56 Å². The number of esters is 1. The van der Waals surface area contributed by atoms with Gasteiger partial charge in [0.2, 0.25) is 0 Å². The fraction of sp³-hybridized carbons (Fsp3) is 0.235. The summed E-state index contributed by atoms with van der Waals surface area (Å²) in [5, 5.41) is 0. The summed E-state index contributed by atoms with van der Waals surface area (Å²) in [5.41, 5.74) is 2.16. The quantitative estimate of drug-likeness (QED) is 0.596. The van der Waals surface area contributed by atoms with E-state index < -0.39 is 5.97 Å². The number of rotatable bonds is 5. The van der Waals surface area contributed by atoms with Gasteiger partial charge < -0.3 is 9.47 Å². The van der Waals surface area contributed by atoms with E-state index in [2.05, 4.69) is 22.9 Å². The van der Waals surface area contributed by atoms with Crippen molar-refractivity contribution < 1.29 is 14.3 Å². The van der Waals surface area contributed by atoms with Crippen LogP contribution in [0.1, 0.15) is 18.1 Å². The molecule has 0 saturated heterocycles. The maximum Gasteiger partial charge on any atom is 0.349 e. The Morgan fingerprint density at radius 1 is 1.14 bits per heavy atom. The van der Waals surface area contributed by atoms with E-state index in [-0.39, 0.29) is 6.61 Å². The van der Waals surface area contributed by atoms with Crippen molar-refractivity contribution >= 4 is 21.9 Å². The molecule has 0 aliphatic heterocycles. The molecule has 110 valence electrons. The summed E-state index contributed by atoms with van der Waals surface area (Å²) in [6.07, 6.45) is 0.934. The van der Waals surface area contributed by atoms with Crippen LogP contribution in [0.2, 0.25) is 0 Å². The van der Waals surface area contributed by atoms with Crippen LogP contribution in [0.5, 0.6) is 11.5 Å². The Morgan fingerprint density at radius 2 is 1.90 bits per heavy atom. The van der Waals surface area contributed by atoms with E-state index in [4.69, 9.17) is 9.47 Å². The second-order valence-electron chi connectivity index (χ2n) is 4.65. The predicted octanol–water partition coefficient (Wildman–Crippen LogP) is 4.30. The summed E-state index contributed by atoms with van der Waals surface area (Å²) in [6.45, 7) is 3.89. The summed E-state index contributed by atoms with van der Waals surface area (Å²) in [6, 6.07) is 13.2. The molecular weight excluding hydrogens is 332 g/mol. The van der Waals surface area contributed by atoms with Gasteiger partial charge in [0, 0.05) is 0 Å². The van der Waals surface area contributed by atoms with E-state index in [9.17, 15) is 4.79 Å². The molecule has 4 heteroatoms. The van der Waals surface area contributed by atoms with Crippen molar-refractivity contribution in [3.63, 3.8) is 0 Å². The molecule has 21 heavy (non-hydrogen) atoms. The van der Waals surface area contributed by atoms with Gasteiger partial charge in [-0.05, 0) is 58.6 Å². The zero-order chi connectivity index (χ0) is 15.2. The first-order valence-electron chi connectivity index (χ1n) is 6.77. The van der Waals surface area contributed by atoms with Gasteiger partial charge in [-0.3, -0.25) is 0 Å². The van der Waals surface area contributed by atoms with Crippen LogP contribution in [0.4, 0.5) is 0 Å². The Hall–Kier alpha value is -1.81. The molecule has 0 bridgehead atoms. The van der Waals surface area contributed by atoms with Gasteiger partial charge in [-0.2, -0.15) is 0 Å². The van der Waals surface area contributed by atoms with E-state index in [0.717, 1.165) is 16.5 Å². The van der Waals surface area contributed by atoms with Gasteiger partial charge in [0.25, 0.3) is 0 Å². The lowest BCUT2D eigenvalue weighted by Gasteiger charge is -2.10. The zero-order valence-corrected chi connectivity index (χ0v) is 13.6. The number of aryl methyl sites for hydroxylation is 2. The molecule has 0 spiro atoms. The van der Waals surface area contributed by atoms with Crippen molar-refractivity contribution in [1.82, 2.24) is 0 Å². The first kappa shape index (κ1) is 15.6. The van der Waals surface area contributed by atoms with Gasteiger partial charge in [0.15, 0.2) is 6.61 Å². The van der Waals surface area contributed by atoms with Gasteiger partial charge in [-0.15, -0.1) is 0 Å². The Bertz CT molecular complexity index is 638. The van der Waals surface area contributed by atoms with Crippen molar-refractivity contribution in [1.29, 1.82) is 0 Å². The molecule has 2 aromatic carbocycles. The van der Waals surface area contributed by atoms with E-state index in [1.54, 1.807) is 6.07 Å². The van der Waals surface area contributed by atoms with Gasteiger partial charge in [-0.25, -0.2) is 4.79 Å². The highest BCUT2D eigenvalue weighted by molar-refractivity contribution is 9.10. The van der Waals surface area contributed by atoms with Crippen molar-refractivity contribution in [3.8, 4) is 11.5 Å². The molecule has 0 amide bonds. The summed E-state index contributed by atoms with van der Waals surface area (Å²) >= 11 is 3.41. The average Bonchev–Trinajstić information content (AvgIpc) is 2.48. The minimum atomic E-state index is -0.428.